The van der Waals surface area contributed by atoms with Gasteiger partial charge in [0.25, 0.3) is 5.91 Å². The minimum Gasteiger partial charge on any atom is -0.493 e. The Hall–Kier alpha value is -4.25. The Morgan fingerprint density at radius 1 is 1.11 bits per heavy atom. The van der Waals surface area contributed by atoms with Gasteiger partial charge in [-0.05, 0) is 69.5 Å². The first-order valence-corrected chi connectivity index (χ1v) is 11.7. The molecule has 0 bridgehead atoms. The summed E-state index contributed by atoms with van der Waals surface area (Å²) in [7, 11) is 1.44. The van der Waals surface area contributed by atoms with Crippen LogP contribution in [0.3, 0.4) is 0 Å². The molecule has 1 heterocycles. The van der Waals surface area contributed by atoms with Gasteiger partial charge in [-0.25, -0.2) is 18.5 Å². The van der Waals surface area contributed by atoms with E-state index in [1.54, 1.807) is 24.3 Å². The van der Waals surface area contributed by atoms with Gasteiger partial charge in [0.15, 0.2) is 11.5 Å². The molecule has 1 aliphatic heterocycles. The highest BCUT2D eigenvalue weighted by atomic mass is 79.9. The number of nitrogens with zero attached hydrogens (tertiary/aromatic N) is 1. The Kier molecular flexibility index (Phi) is 7.83. The van der Waals surface area contributed by atoms with Crippen LogP contribution in [0.2, 0.25) is 0 Å². The van der Waals surface area contributed by atoms with Gasteiger partial charge in [-0.1, -0.05) is 24.3 Å². The lowest BCUT2D eigenvalue weighted by molar-refractivity contribution is -0.127. The van der Waals surface area contributed by atoms with Crippen LogP contribution in [0.25, 0.3) is 6.08 Å². The zero-order valence-electron chi connectivity index (χ0n) is 19.4. The number of para-hydroxylation sites is 1. The molecule has 1 saturated heterocycles. The maximum atomic E-state index is 13.8. The Morgan fingerprint density at radius 3 is 2.62 bits per heavy atom. The van der Waals surface area contributed by atoms with Gasteiger partial charge in [-0.15, -0.1) is 0 Å². The number of carbonyl (C=O) groups is 3. The molecule has 190 valence electrons. The molecule has 0 atom stereocenters. The van der Waals surface area contributed by atoms with Gasteiger partial charge >= 0.3 is 6.03 Å². The maximum absolute atomic E-state index is 13.8. The molecular formula is C26H20BrF2N3O5. The summed E-state index contributed by atoms with van der Waals surface area (Å²) in [5.74, 6) is -1.79. The summed E-state index contributed by atoms with van der Waals surface area (Å²) in [6.45, 7) is -0.512. The fourth-order valence-corrected chi connectivity index (χ4v) is 4.10. The van der Waals surface area contributed by atoms with E-state index in [-0.39, 0.29) is 23.8 Å². The molecule has 3 aromatic carbocycles. The number of hydrogen-bond donors (Lipinski definition) is 2. The number of hydrogen-bond acceptors (Lipinski definition) is 5. The van der Waals surface area contributed by atoms with E-state index in [0.717, 1.165) is 0 Å². The molecule has 8 nitrogen and oxygen atoms in total. The van der Waals surface area contributed by atoms with Gasteiger partial charge in [-0.3, -0.25) is 9.59 Å². The highest BCUT2D eigenvalue weighted by Crippen LogP contribution is 2.38. The number of benzene rings is 3. The number of urea groups is 1. The molecular weight excluding hydrogens is 552 g/mol. The number of anilines is 1. The van der Waals surface area contributed by atoms with Crippen molar-refractivity contribution in [3.05, 3.63) is 93.6 Å². The Balaban J connectivity index is 1.48. The predicted molar refractivity (Wildman–Crippen MR) is 135 cm³/mol. The average Bonchev–Trinajstić information content (AvgIpc) is 3.11. The molecule has 0 aromatic heterocycles. The number of rotatable bonds is 8. The molecule has 37 heavy (non-hydrogen) atoms. The second kappa shape index (κ2) is 11.2. The highest BCUT2D eigenvalue weighted by molar-refractivity contribution is 9.10. The second-order valence-corrected chi connectivity index (χ2v) is 8.71. The maximum Gasteiger partial charge on any atom is 0.329 e. The van der Waals surface area contributed by atoms with Crippen LogP contribution in [0, 0.1) is 11.6 Å². The average molecular weight is 572 g/mol. The fourth-order valence-electron chi connectivity index (χ4n) is 3.52. The summed E-state index contributed by atoms with van der Waals surface area (Å²) in [5.41, 5.74) is 0.986. The summed E-state index contributed by atoms with van der Waals surface area (Å²) >= 11 is 3.41. The molecule has 4 amide bonds. The van der Waals surface area contributed by atoms with Gasteiger partial charge in [0, 0.05) is 0 Å². The SMILES string of the molecule is COc1cc(/C=C2/NC(=O)N(CC(=O)Nc3ccccc3F)C2=O)cc(Br)c1OCc1cccc(F)c1. The number of methoxy groups -OCH3 is 1. The number of ether oxygens (including phenoxy) is 2. The lowest BCUT2D eigenvalue weighted by Gasteiger charge is -2.14. The van der Waals surface area contributed by atoms with Crippen molar-refractivity contribution in [3.63, 3.8) is 0 Å². The first-order valence-electron chi connectivity index (χ1n) is 10.9. The highest BCUT2D eigenvalue weighted by Gasteiger charge is 2.35. The first-order chi connectivity index (χ1) is 17.7. The monoisotopic (exact) mass is 571 g/mol. The molecule has 1 aliphatic rings. The predicted octanol–water partition coefficient (Wildman–Crippen LogP) is 4.85. The van der Waals surface area contributed by atoms with Crippen LogP contribution in [0.1, 0.15) is 11.1 Å². The first kappa shape index (κ1) is 25.8. The van der Waals surface area contributed by atoms with Gasteiger partial charge in [0.05, 0.1) is 17.3 Å². The zero-order valence-corrected chi connectivity index (χ0v) is 21.0. The van der Waals surface area contributed by atoms with Crippen LogP contribution in [0.15, 0.2) is 70.8 Å². The van der Waals surface area contributed by atoms with Crippen molar-refractivity contribution in [3.8, 4) is 11.5 Å². The van der Waals surface area contributed by atoms with Crippen molar-refractivity contribution in [2.24, 2.45) is 0 Å². The van der Waals surface area contributed by atoms with Crippen LogP contribution in [0.5, 0.6) is 11.5 Å². The summed E-state index contributed by atoms with van der Waals surface area (Å²) in [4.78, 5) is 38.1. The van der Waals surface area contributed by atoms with E-state index in [4.69, 9.17) is 9.47 Å². The molecule has 2 N–H and O–H groups in total. The third-order valence-corrected chi connectivity index (χ3v) is 5.84. The summed E-state index contributed by atoms with van der Waals surface area (Å²) < 4.78 is 38.9. The number of nitrogens with one attached hydrogen (secondary N) is 2. The van der Waals surface area contributed by atoms with Crippen molar-refractivity contribution in [2.45, 2.75) is 6.61 Å². The minimum absolute atomic E-state index is 0.0630. The largest absolute Gasteiger partial charge is 0.493 e. The summed E-state index contributed by atoms with van der Waals surface area (Å²) in [6.07, 6.45) is 1.42. The molecule has 0 aliphatic carbocycles. The van der Waals surface area contributed by atoms with Gasteiger partial charge in [0.2, 0.25) is 5.91 Å². The van der Waals surface area contributed by atoms with Crippen LogP contribution in [-0.4, -0.2) is 36.4 Å². The van der Waals surface area contributed by atoms with Gasteiger partial charge in [0.1, 0.15) is 30.5 Å². The van der Waals surface area contributed by atoms with E-state index < -0.39 is 30.2 Å². The summed E-state index contributed by atoms with van der Waals surface area (Å²) in [5, 5.41) is 4.76. The van der Waals surface area contributed by atoms with Gasteiger partial charge in [-0.2, -0.15) is 0 Å². The molecule has 1 fully saturated rings. The van der Waals surface area contributed by atoms with Crippen molar-refractivity contribution >= 4 is 45.5 Å². The molecule has 0 unspecified atom stereocenters. The topological polar surface area (TPSA) is 97.0 Å². The van der Waals surface area contributed by atoms with Crippen molar-refractivity contribution < 1.29 is 32.6 Å². The third-order valence-electron chi connectivity index (χ3n) is 5.25. The van der Waals surface area contributed by atoms with E-state index in [2.05, 4.69) is 26.6 Å². The molecule has 4 rings (SSSR count). The third kappa shape index (κ3) is 6.12. The zero-order chi connectivity index (χ0) is 26.5. The molecule has 3 aromatic rings. The number of amides is 4. The van der Waals surface area contributed by atoms with Crippen LogP contribution in [-0.2, 0) is 16.2 Å². The smallest absolute Gasteiger partial charge is 0.329 e. The van der Waals surface area contributed by atoms with Gasteiger partial charge < -0.3 is 20.1 Å². The van der Waals surface area contributed by atoms with E-state index in [0.29, 0.717) is 32.0 Å². The molecule has 11 heteroatoms. The number of halogens is 3. The molecule has 0 radical (unpaired) electrons. The quantitative estimate of drug-likeness (QED) is 0.298. The van der Waals surface area contributed by atoms with Crippen LogP contribution in [0.4, 0.5) is 19.3 Å². The molecule has 0 spiro atoms. The van der Waals surface area contributed by atoms with Crippen molar-refractivity contribution in [2.75, 3.05) is 19.0 Å². The van der Waals surface area contributed by atoms with Crippen LogP contribution >= 0.6 is 15.9 Å². The molecule has 0 saturated carbocycles. The van der Waals surface area contributed by atoms with Crippen LogP contribution < -0.4 is 20.1 Å². The Morgan fingerprint density at radius 2 is 1.89 bits per heavy atom. The summed E-state index contributed by atoms with van der Waals surface area (Å²) in [6, 6.07) is 14.0. The fraction of sp³-hybridized carbons (Fsp3) is 0.115. The van der Waals surface area contributed by atoms with E-state index >= 15 is 0 Å². The minimum atomic E-state index is -0.791. The Bertz CT molecular complexity index is 1410. The Labute approximate surface area is 219 Å². The lowest BCUT2D eigenvalue weighted by atomic mass is 10.1. The normalized spacial score (nSPS) is 14.1. The number of carbonyl (C=O) groups excluding carboxylic acids is 3. The van der Waals surface area contributed by atoms with E-state index in [1.165, 1.54) is 49.6 Å². The number of imide groups is 1. The lowest BCUT2D eigenvalue weighted by Crippen LogP contribution is -2.38. The van der Waals surface area contributed by atoms with Crippen molar-refractivity contribution in [1.82, 2.24) is 10.2 Å². The standard InChI is InChI=1S/C26H20BrF2N3O5/c1-36-22-12-16(10-18(27)24(22)37-14-15-5-4-6-17(28)9-15)11-21-25(34)32(26(35)31-21)13-23(33)30-20-8-3-2-7-19(20)29/h2-12H,13-14H2,1H3,(H,30,33)(H,31,35)/b21-11+. The van der Waals surface area contributed by atoms with E-state index in [1.807, 2.05) is 0 Å². The van der Waals surface area contributed by atoms with Crippen molar-refractivity contribution in [1.29, 1.82) is 0 Å². The van der Waals surface area contributed by atoms with E-state index in [9.17, 15) is 23.2 Å². The second-order valence-electron chi connectivity index (χ2n) is 7.86.